The minimum absolute atomic E-state index is 0.0190. The van der Waals surface area contributed by atoms with Gasteiger partial charge in [-0.3, -0.25) is 4.68 Å². The van der Waals surface area contributed by atoms with E-state index in [2.05, 4.69) is 10.4 Å². The van der Waals surface area contributed by atoms with Gasteiger partial charge in [0.05, 0.1) is 23.2 Å². The first-order valence-corrected chi connectivity index (χ1v) is 7.91. The lowest BCUT2D eigenvalue weighted by atomic mass is 10.0. The number of hydrogen-bond acceptors (Lipinski definition) is 4. The van der Waals surface area contributed by atoms with Crippen LogP contribution < -0.4 is 5.32 Å². The van der Waals surface area contributed by atoms with Gasteiger partial charge in [0.15, 0.2) is 9.84 Å². The normalized spacial score (nSPS) is 26.1. The highest BCUT2D eigenvalue weighted by atomic mass is 32.2. The van der Waals surface area contributed by atoms with E-state index < -0.39 is 27.2 Å². The molecular formula is C11H16F3N3O2S. The third-order valence-electron chi connectivity index (χ3n) is 3.47. The van der Waals surface area contributed by atoms with Crippen LogP contribution in [0.25, 0.3) is 0 Å². The molecule has 1 unspecified atom stereocenters. The molecule has 114 valence electrons. The molecule has 5 nitrogen and oxygen atoms in total. The van der Waals surface area contributed by atoms with Gasteiger partial charge in [0.1, 0.15) is 5.69 Å². The van der Waals surface area contributed by atoms with Gasteiger partial charge in [-0.1, -0.05) is 0 Å². The lowest BCUT2D eigenvalue weighted by molar-refractivity contribution is -0.146. The minimum Gasteiger partial charge on any atom is -0.316 e. The quantitative estimate of drug-likeness (QED) is 0.910. The molecule has 1 fully saturated rings. The van der Waals surface area contributed by atoms with Crippen LogP contribution >= 0.6 is 0 Å². The van der Waals surface area contributed by atoms with Crippen molar-refractivity contribution in [2.24, 2.45) is 0 Å². The SMILES string of the molecule is CNCc1cnn(C2(C)CCS(=O)(=O)C2)c1C(F)(F)F. The fraction of sp³-hybridized carbons (Fsp3) is 0.727. The van der Waals surface area contributed by atoms with Crippen molar-refractivity contribution < 1.29 is 21.6 Å². The van der Waals surface area contributed by atoms with E-state index in [1.165, 1.54) is 6.92 Å². The number of sulfone groups is 1. The summed E-state index contributed by atoms with van der Waals surface area (Å²) in [4.78, 5) is 0. The summed E-state index contributed by atoms with van der Waals surface area (Å²) in [5.41, 5.74) is -1.99. The van der Waals surface area contributed by atoms with E-state index in [0.717, 1.165) is 10.9 Å². The Morgan fingerprint density at radius 3 is 2.60 bits per heavy atom. The molecule has 0 spiro atoms. The van der Waals surface area contributed by atoms with Crippen LogP contribution in [0.5, 0.6) is 0 Å². The van der Waals surface area contributed by atoms with E-state index in [1.54, 1.807) is 7.05 Å². The number of halogens is 3. The third kappa shape index (κ3) is 2.69. The molecule has 0 aliphatic carbocycles. The summed E-state index contributed by atoms with van der Waals surface area (Å²) < 4.78 is 63.7. The second-order valence-corrected chi connectivity index (χ2v) is 7.48. The molecule has 0 aromatic carbocycles. The first-order valence-electron chi connectivity index (χ1n) is 6.09. The molecule has 1 aromatic rings. The van der Waals surface area contributed by atoms with Gasteiger partial charge in [0.25, 0.3) is 0 Å². The molecule has 2 heterocycles. The molecule has 2 rings (SSSR count). The fourth-order valence-corrected chi connectivity index (χ4v) is 4.68. The summed E-state index contributed by atoms with van der Waals surface area (Å²) in [6, 6.07) is 0. The Morgan fingerprint density at radius 1 is 1.50 bits per heavy atom. The minimum atomic E-state index is -4.57. The second-order valence-electron chi connectivity index (χ2n) is 5.30. The Morgan fingerprint density at radius 2 is 2.15 bits per heavy atom. The van der Waals surface area contributed by atoms with Crippen LogP contribution in [-0.2, 0) is 28.1 Å². The predicted molar refractivity (Wildman–Crippen MR) is 66.9 cm³/mol. The van der Waals surface area contributed by atoms with Crippen molar-refractivity contribution in [1.29, 1.82) is 0 Å². The average Bonchev–Trinajstić information content (AvgIpc) is 2.81. The lowest BCUT2D eigenvalue weighted by Crippen LogP contribution is -2.36. The van der Waals surface area contributed by atoms with E-state index in [4.69, 9.17) is 0 Å². The first-order chi connectivity index (χ1) is 9.09. The molecule has 0 bridgehead atoms. The Hall–Kier alpha value is -1.09. The molecule has 1 N–H and O–H groups in total. The van der Waals surface area contributed by atoms with E-state index in [-0.39, 0.29) is 30.0 Å². The van der Waals surface area contributed by atoms with Gasteiger partial charge in [-0.15, -0.1) is 0 Å². The Labute approximate surface area is 115 Å². The average molecular weight is 311 g/mol. The van der Waals surface area contributed by atoms with Crippen molar-refractivity contribution in [3.05, 3.63) is 17.5 Å². The van der Waals surface area contributed by atoms with Gasteiger partial charge in [0, 0.05) is 12.1 Å². The Kier molecular flexibility index (Phi) is 3.62. The van der Waals surface area contributed by atoms with Crippen LogP contribution in [0, 0.1) is 0 Å². The molecule has 0 saturated carbocycles. The van der Waals surface area contributed by atoms with Crippen LogP contribution in [0.1, 0.15) is 24.6 Å². The Balaban J connectivity index is 2.53. The van der Waals surface area contributed by atoms with E-state index in [0.29, 0.717) is 0 Å². The molecule has 0 radical (unpaired) electrons. The molecule has 1 aliphatic heterocycles. The molecule has 1 saturated heterocycles. The van der Waals surface area contributed by atoms with Gasteiger partial charge >= 0.3 is 6.18 Å². The number of hydrogen-bond donors (Lipinski definition) is 1. The number of nitrogens with one attached hydrogen (secondary N) is 1. The highest BCUT2D eigenvalue weighted by molar-refractivity contribution is 7.91. The summed E-state index contributed by atoms with van der Waals surface area (Å²) in [6.07, 6.45) is -3.29. The van der Waals surface area contributed by atoms with Crippen molar-refractivity contribution in [3.63, 3.8) is 0 Å². The van der Waals surface area contributed by atoms with Crippen LogP contribution in [0.3, 0.4) is 0 Å². The van der Waals surface area contributed by atoms with Crippen LogP contribution in [0.2, 0.25) is 0 Å². The van der Waals surface area contributed by atoms with E-state index in [1.807, 2.05) is 0 Å². The van der Waals surface area contributed by atoms with Gasteiger partial charge in [-0.05, 0) is 20.4 Å². The highest BCUT2D eigenvalue weighted by Crippen LogP contribution is 2.38. The number of nitrogens with zero attached hydrogens (tertiary/aromatic N) is 2. The van der Waals surface area contributed by atoms with Crippen LogP contribution in [-0.4, -0.2) is 36.8 Å². The maximum absolute atomic E-state index is 13.2. The molecule has 9 heteroatoms. The van der Waals surface area contributed by atoms with Crippen molar-refractivity contribution in [2.45, 2.75) is 31.6 Å². The zero-order valence-electron chi connectivity index (χ0n) is 11.2. The molecular weight excluding hydrogens is 295 g/mol. The summed E-state index contributed by atoms with van der Waals surface area (Å²) >= 11 is 0. The lowest BCUT2D eigenvalue weighted by Gasteiger charge is -2.26. The maximum Gasteiger partial charge on any atom is 0.433 e. The third-order valence-corrected chi connectivity index (χ3v) is 5.36. The number of alkyl halides is 3. The summed E-state index contributed by atoms with van der Waals surface area (Å²) in [6.45, 7) is 1.53. The van der Waals surface area contributed by atoms with Crippen LogP contribution in [0.4, 0.5) is 13.2 Å². The van der Waals surface area contributed by atoms with Gasteiger partial charge in [-0.2, -0.15) is 18.3 Å². The van der Waals surface area contributed by atoms with E-state index >= 15 is 0 Å². The van der Waals surface area contributed by atoms with Crippen molar-refractivity contribution in [2.75, 3.05) is 18.6 Å². The van der Waals surface area contributed by atoms with Crippen LogP contribution in [0.15, 0.2) is 6.20 Å². The highest BCUT2D eigenvalue weighted by Gasteiger charge is 2.47. The zero-order valence-corrected chi connectivity index (χ0v) is 12.0. The fourth-order valence-electron chi connectivity index (χ4n) is 2.57. The largest absolute Gasteiger partial charge is 0.433 e. The maximum atomic E-state index is 13.2. The van der Waals surface area contributed by atoms with Gasteiger partial charge in [0.2, 0.25) is 0 Å². The van der Waals surface area contributed by atoms with E-state index in [9.17, 15) is 21.6 Å². The number of rotatable bonds is 3. The van der Waals surface area contributed by atoms with Crippen molar-refractivity contribution in [1.82, 2.24) is 15.1 Å². The molecule has 1 atom stereocenters. The smallest absolute Gasteiger partial charge is 0.316 e. The molecule has 1 aliphatic rings. The second kappa shape index (κ2) is 4.73. The Bertz CT molecular complexity index is 609. The summed E-state index contributed by atoms with van der Waals surface area (Å²) in [7, 11) is -1.77. The molecule has 20 heavy (non-hydrogen) atoms. The first kappa shape index (κ1) is 15.3. The van der Waals surface area contributed by atoms with Crippen molar-refractivity contribution >= 4 is 9.84 Å². The van der Waals surface area contributed by atoms with Gasteiger partial charge in [-0.25, -0.2) is 8.42 Å². The van der Waals surface area contributed by atoms with Gasteiger partial charge < -0.3 is 5.32 Å². The monoisotopic (exact) mass is 311 g/mol. The number of aromatic nitrogens is 2. The molecule has 1 aromatic heterocycles. The predicted octanol–water partition coefficient (Wildman–Crippen LogP) is 1.16. The molecule has 0 amide bonds. The van der Waals surface area contributed by atoms with Crippen molar-refractivity contribution in [3.8, 4) is 0 Å². The topological polar surface area (TPSA) is 64.0 Å². The standard InChI is InChI=1S/C11H16F3N3O2S/c1-10(3-4-20(18,19)7-10)17-9(11(12,13)14)8(5-15-2)6-16-17/h6,15H,3-5,7H2,1-2H3. The summed E-state index contributed by atoms with van der Waals surface area (Å²) in [5, 5.41) is 6.47. The zero-order chi connectivity index (χ0) is 15.2. The summed E-state index contributed by atoms with van der Waals surface area (Å²) in [5.74, 6) is -0.425.